The SMILES string of the molecule is COc1cc(OC)cc(C(=O)NC2CCCC(c3nc4cc(NC(=O)C(C)C)ccc4[nH]3)C2)c1. The number of aromatic nitrogens is 2. The molecule has 2 amide bonds. The van der Waals surface area contributed by atoms with E-state index in [9.17, 15) is 9.59 Å². The van der Waals surface area contributed by atoms with Gasteiger partial charge in [-0.2, -0.15) is 0 Å². The number of hydrogen-bond acceptors (Lipinski definition) is 5. The third kappa shape index (κ3) is 5.32. The molecule has 8 heteroatoms. The molecule has 4 rings (SSSR count). The van der Waals surface area contributed by atoms with E-state index in [0.717, 1.165) is 48.2 Å². The van der Waals surface area contributed by atoms with E-state index in [1.807, 2.05) is 32.0 Å². The molecule has 0 radical (unpaired) electrons. The Kier molecular flexibility index (Phi) is 7.05. The first-order valence-electron chi connectivity index (χ1n) is 11.7. The third-order valence-electron chi connectivity index (χ3n) is 6.30. The van der Waals surface area contributed by atoms with Gasteiger partial charge in [0.1, 0.15) is 17.3 Å². The Morgan fingerprint density at radius 3 is 2.47 bits per heavy atom. The summed E-state index contributed by atoms with van der Waals surface area (Å²) in [7, 11) is 3.13. The van der Waals surface area contributed by atoms with Gasteiger partial charge in [0, 0.05) is 35.2 Å². The van der Waals surface area contributed by atoms with Crippen LogP contribution in [0, 0.1) is 5.92 Å². The molecular formula is C26H32N4O4. The number of aromatic amines is 1. The van der Waals surface area contributed by atoms with Crippen LogP contribution in [0.2, 0.25) is 0 Å². The van der Waals surface area contributed by atoms with Crippen LogP contribution in [0.15, 0.2) is 36.4 Å². The lowest BCUT2D eigenvalue weighted by Crippen LogP contribution is -2.38. The number of nitrogens with one attached hydrogen (secondary N) is 3. The van der Waals surface area contributed by atoms with Crippen molar-refractivity contribution in [2.24, 2.45) is 5.92 Å². The van der Waals surface area contributed by atoms with Crippen molar-refractivity contribution in [3.63, 3.8) is 0 Å². The number of imidazole rings is 1. The lowest BCUT2D eigenvalue weighted by Gasteiger charge is -2.28. The highest BCUT2D eigenvalue weighted by molar-refractivity contribution is 5.95. The molecular weight excluding hydrogens is 432 g/mol. The van der Waals surface area contributed by atoms with Crippen LogP contribution < -0.4 is 20.1 Å². The number of rotatable bonds is 7. The predicted molar refractivity (Wildman–Crippen MR) is 132 cm³/mol. The minimum Gasteiger partial charge on any atom is -0.497 e. The Morgan fingerprint density at radius 2 is 1.79 bits per heavy atom. The number of H-pyrrole nitrogens is 1. The molecule has 8 nitrogen and oxygen atoms in total. The van der Waals surface area contributed by atoms with E-state index in [4.69, 9.17) is 14.5 Å². The molecule has 0 saturated heterocycles. The molecule has 1 aliphatic rings. The summed E-state index contributed by atoms with van der Waals surface area (Å²) in [5.74, 6) is 2.06. The average Bonchev–Trinajstić information content (AvgIpc) is 3.27. The zero-order valence-electron chi connectivity index (χ0n) is 20.1. The fraction of sp³-hybridized carbons (Fsp3) is 0.423. The van der Waals surface area contributed by atoms with E-state index in [1.165, 1.54) is 0 Å². The van der Waals surface area contributed by atoms with Crippen LogP contribution in [0.4, 0.5) is 5.69 Å². The standard InChI is InChI=1S/C26H32N4O4/c1-15(2)25(31)27-19-8-9-22-23(13-19)30-24(29-22)16-6-5-7-18(10-16)28-26(32)17-11-20(33-3)14-21(12-17)34-4/h8-9,11-16,18H,5-7,10H2,1-4H3,(H,27,31)(H,28,32)(H,29,30). The first-order chi connectivity index (χ1) is 16.4. The molecule has 0 spiro atoms. The van der Waals surface area contributed by atoms with Gasteiger partial charge in [0.15, 0.2) is 0 Å². The molecule has 34 heavy (non-hydrogen) atoms. The Labute approximate surface area is 199 Å². The number of nitrogens with zero attached hydrogens (tertiary/aromatic N) is 1. The topological polar surface area (TPSA) is 105 Å². The van der Waals surface area contributed by atoms with E-state index in [0.29, 0.717) is 17.1 Å². The van der Waals surface area contributed by atoms with Crippen LogP contribution in [0.5, 0.6) is 11.5 Å². The summed E-state index contributed by atoms with van der Waals surface area (Å²) in [5, 5.41) is 6.10. The monoisotopic (exact) mass is 464 g/mol. The lowest BCUT2D eigenvalue weighted by molar-refractivity contribution is -0.118. The van der Waals surface area contributed by atoms with Crippen molar-refractivity contribution in [1.82, 2.24) is 15.3 Å². The van der Waals surface area contributed by atoms with E-state index in [1.54, 1.807) is 32.4 Å². The smallest absolute Gasteiger partial charge is 0.251 e. The average molecular weight is 465 g/mol. The van der Waals surface area contributed by atoms with Gasteiger partial charge in [-0.1, -0.05) is 20.3 Å². The third-order valence-corrected chi connectivity index (χ3v) is 6.30. The number of methoxy groups -OCH3 is 2. The number of hydrogen-bond donors (Lipinski definition) is 3. The predicted octanol–water partition coefficient (Wildman–Crippen LogP) is 4.63. The van der Waals surface area contributed by atoms with E-state index < -0.39 is 0 Å². The number of fused-ring (bicyclic) bond motifs is 1. The maximum Gasteiger partial charge on any atom is 0.251 e. The summed E-state index contributed by atoms with van der Waals surface area (Å²) in [4.78, 5) is 33.2. The lowest BCUT2D eigenvalue weighted by atomic mass is 9.85. The second kappa shape index (κ2) is 10.2. The van der Waals surface area contributed by atoms with Crippen molar-refractivity contribution in [1.29, 1.82) is 0 Å². The van der Waals surface area contributed by atoms with Gasteiger partial charge in [0.25, 0.3) is 5.91 Å². The highest BCUT2D eigenvalue weighted by atomic mass is 16.5. The van der Waals surface area contributed by atoms with Crippen molar-refractivity contribution < 1.29 is 19.1 Å². The van der Waals surface area contributed by atoms with Crippen LogP contribution in [0.1, 0.15) is 61.6 Å². The second-order valence-electron chi connectivity index (χ2n) is 9.13. The molecule has 1 aromatic heterocycles. The Hall–Kier alpha value is -3.55. The summed E-state index contributed by atoms with van der Waals surface area (Å²) in [6.45, 7) is 3.73. The molecule has 0 aliphatic heterocycles. The number of amides is 2. The van der Waals surface area contributed by atoms with Gasteiger partial charge in [-0.05, 0) is 49.6 Å². The maximum absolute atomic E-state index is 12.9. The van der Waals surface area contributed by atoms with E-state index in [2.05, 4.69) is 15.6 Å². The van der Waals surface area contributed by atoms with Crippen molar-refractivity contribution in [3.05, 3.63) is 47.8 Å². The van der Waals surface area contributed by atoms with Gasteiger partial charge in [0.2, 0.25) is 5.91 Å². The van der Waals surface area contributed by atoms with Gasteiger partial charge < -0.3 is 25.1 Å². The van der Waals surface area contributed by atoms with Gasteiger partial charge in [-0.25, -0.2) is 4.98 Å². The van der Waals surface area contributed by atoms with Crippen LogP contribution in [-0.2, 0) is 4.79 Å². The fourth-order valence-electron chi connectivity index (χ4n) is 4.36. The van der Waals surface area contributed by atoms with Gasteiger partial charge >= 0.3 is 0 Å². The van der Waals surface area contributed by atoms with Crippen LogP contribution >= 0.6 is 0 Å². The van der Waals surface area contributed by atoms with Crippen LogP contribution in [0.25, 0.3) is 11.0 Å². The molecule has 2 aromatic carbocycles. The number of anilines is 1. The fourth-order valence-corrected chi connectivity index (χ4v) is 4.36. The number of benzene rings is 2. The summed E-state index contributed by atoms with van der Waals surface area (Å²) in [6.07, 6.45) is 3.75. The Balaban J connectivity index is 1.45. The molecule has 180 valence electrons. The maximum atomic E-state index is 12.9. The van der Waals surface area contributed by atoms with Gasteiger partial charge in [-0.3, -0.25) is 9.59 Å². The molecule has 1 aliphatic carbocycles. The van der Waals surface area contributed by atoms with Crippen molar-refractivity contribution in [2.45, 2.75) is 51.5 Å². The van der Waals surface area contributed by atoms with E-state index >= 15 is 0 Å². The minimum absolute atomic E-state index is 0.0189. The molecule has 2 atom stereocenters. The summed E-state index contributed by atoms with van der Waals surface area (Å²) >= 11 is 0. The number of ether oxygens (including phenoxy) is 2. The summed E-state index contributed by atoms with van der Waals surface area (Å²) in [5.41, 5.74) is 3.02. The quantitative estimate of drug-likeness (QED) is 0.473. The summed E-state index contributed by atoms with van der Waals surface area (Å²) in [6, 6.07) is 11.0. The molecule has 1 fully saturated rings. The van der Waals surface area contributed by atoms with Crippen molar-refractivity contribution in [2.75, 3.05) is 19.5 Å². The van der Waals surface area contributed by atoms with E-state index in [-0.39, 0.29) is 29.7 Å². The molecule has 1 heterocycles. The highest BCUT2D eigenvalue weighted by Gasteiger charge is 2.27. The largest absolute Gasteiger partial charge is 0.497 e. The molecule has 2 unspecified atom stereocenters. The molecule has 1 saturated carbocycles. The molecule has 0 bridgehead atoms. The normalized spacial score (nSPS) is 18.0. The zero-order valence-corrected chi connectivity index (χ0v) is 20.1. The summed E-state index contributed by atoms with van der Waals surface area (Å²) < 4.78 is 10.6. The number of carbonyl (C=O) groups excluding carboxylic acids is 2. The van der Waals surface area contributed by atoms with Crippen LogP contribution in [0.3, 0.4) is 0 Å². The first-order valence-corrected chi connectivity index (χ1v) is 11.7. The zero-order chi connectivity index (χ0) is 24.2. The van der Waals surface area contributed by atoms with Crippen molar-refractivity contribution in [3.8, 4) is 11.5 Å². The second-order valence-corrected chi connectivity index (χ2v) is 9.13. The van der Waals surface area contributed by atoms with Crippen molar-refractivity contribution >= 4 is 28.5 Å². The molecule has 3 aromatic rings. The van der Waals surface area contributed by atoms with Gasteiger partial charge in [0.05, 0.1) is 25.3 Å². The number of carbonyl (C=O) groups is 2. The minimum atomic E-state index is -0.141. The Bertz CT molecular complexity index is 1160. The molecule has 3 N–H and O–H groups in total. The first kappa shape index (κ1) is 23.6. The highest BCUT2D eigenvalue weighted by Crippen LogP contribution is 2.33. The Morgan fingerprint density at radius 1 is 1.06 bits per heavy atom. The van der Waals surface area contributed by atoms with Gasteiger partial charge in [-0.15, -0.1) is 0 Å². The van der Waals surface area contributed by atoms with Crippen LogP contribution in [-0.4, -0.2) is 42.0 Å².